The standard InChI is InChI=1S/C24H21N2O9P/c27-19(11-5-13-25-21(29)15-7-1-2-8-16(15)22(25)30)34-36(33)35-20(28)12-6-14-26-23(31)17-9-3-4-10-18(17)24(26)32/h1-4,7-10,36H,5-6,11-14H2. The quantitative estimate of drug-likeness (QED) is 0.346. The number of rotatable bonds is 10. The van der Waals surface area contributed by atoms with Crippen molar-refractivity contribution in [2.24, 2.45) is 0 Å². The minimum Gasteiger partial charge on any atom is -0.385 e. The minimum absolute atomic E-state index is 0.0278. The third-order valence-corrected chi connectivity index (χ3v) is 6.46. The van der Waals surface area contributed by atoms with Crippen molar-refractivity contribution in [3.8, 4) is 0 Å². The molecule has 4 rings (SSSR count). The minimum atomic E-state index is -3.46. The summed E-state index contributed by atoms with van der Waals surface area (Å²) < 4.78 is 21.1. The third kappa shape index (κ3) is 5.11. The van der Waals surface area contributed by atoms with Crippen molar-refractivity contribution < 1.29 is 42.4 Å². The maximum atomic E-state index is 12.3. The van der Waals surface area contributed by atoms with Crippen LogP contribution < -0.4 is 0 Å². The Balaban J connectivity index is 1.14. The van der Waals surface area contributed by atoms with Crippen LogP contribution in [0.2, 0.25) is 0 Å². The lowest BCUT2D eigenvalue weighted by molar-refractivity contribution is -0.138. The lowest BCUT2D eigenvalue weighted by atomic mass is 10.1. The first-order valence-electron chi connectivity index (χ1n) is 11.1. The summed E-state index contributed by atoms with van der Waals surface area (Å²) in [5.41, 5.74) is 1.19. The summed E-state index contributed by atoms with van der Waals surface area (Å²) in [5, 5.41) is 0. The molecule has 2 heterocycles. The van der Waals surface area contributed by atoms with Gasteiger partial charge in [-0.05, 0) is 37.1 Å². The molecule has 0 unspecified atom stereocenters. The van der Waals surface area contributed by atoms with Crippen LogP contribution in [0.5, 0.6) is 0 Å². The molecular weight excluding hydrogens is 491 g/mol. The van der Waals surface area contributed by atoms with E-state index in [9.17, 15) is 33.3 Å². The molecule has 0 saturated carbocycles. The molecule has 2 aromatic rings. The predicted octanol–water partition coefficient (Wildman–Crippen LogP) is 2.62. The van der Waals surface area contributed by atoms with Crippen LogP contribution in [-0.2, 0) is 23.2 Å². The van der Waals surface area contributed by atoms with E-state index in [-0.39, 0.29) is 38.8 Å². The molecular formula is C24H21N2O9P. The van der Waals surface area contributed by atoms with Crippen LogP contribution in [0.3, 0.4) is 0 Å². The molecule has 186 valence electrons. The SMILES string of the molecule is O=C(CCCN1C(=O)c2ccccc2C1=O)O[PH](=O)OC(=O)CCCN1C(=O)c2ccccc2C1=O. The van der Waals surface area contributed by atoms with Crippen LogP contribution in [-0.4, -0.2) is 58.5 Å². The van der Waals surface area contributed by atoms with E-state index in [1.807, 2.05) is 0 Å². The van der Waals surface area contributed by atoms with Crippen molar-refractivity contribution in [3.05, 3.63) is 70.8 Å². The fourth-order valence-corrected chi connectivity index (χ4v) is 4.57. The highest BCUT2D eigenvalue weighted by atomic mass is 31.1. The molecule has 0 aromatic heterocycles. The van der Waals surface area contributed by atoms with Gasteiger partial charge >= 0.3 is 20.2 Å². The van der Waals surface area contributed by atoms with Gasteiger partial charge in [0.1, 0.15) is 0 Å². The van der Waals surface area contributed by atoms with Crippen LogP contribution in [0.4, 0.5) is 0 Å². The fraction of sp³-hybridized carbons (Fsp3) is 0.250. The molecule has 0 radical (unpaired) electrons. The molecule has 4 amide bonds. The van der Waals surface area contributed by atoms with E-state index in [4.69, 9.17) is 0 Å². The first-order chi connectivity index (χ1) is 17.3. The molecule has 0 aliphatic carbocycles. The van der Waals surface area contributed by atoms with Crippen LogP contribution in [0.25, 0.3) is 0 Å². The first kappa shape index (κ1) is 25.0. The average molecular weight is 512 g/mol. The highest BCUT2D eigenvalue weighted by Crippen LogP contribution is 2.27. The summed E-state index contributed by atoms with van der Waals surface area (Å²) in [4.78, 5) is 75.0. The maximum absolute atomic E-state index is 12.3. The van der Waals surface area contributed by atoms with Crippen molar-refractivity contribution in [1.82, 2.24) is 9.80 Å². The second-order valence-corrected chi connectivity index (χ2v) is 8.93. The van der Waals surface area contributed by atoms with E-state index in [0.717, 1.165) is 9.80 Å². The number of amides is 4. The van der Waals surface area contributed by atoms with Gasteiger partial charge in [0.15, 0.2) is 0 Å². The molecule has 2 aliphatic heterocycles. The largest absolute Gasteiger partial charge is 0.423 e. The van der Waals surface area contributed by atoms with E-state index in [1.165, 1.54) is 0 Å². The smallest absolute Gasteiger partial charge is 0.385 e. The second-order valence-electron chi connectivity index (χ2n) is 8.02. The summed E-state index contributed by atoms with van der Waals surface area (Å²) in [7, 11) is -3.46. The van der Waals surface area contributed by atoms with Crippen LogP contribution in [0.15, 0.2) is 48.5 Å². The molecule has 36 heavy (non-hydrogen) atoms. The highest BCUT2D eigenvalue weighted by molar-refractivity contribution is 7.34. The van der Waals surface area contributed by atoms with Gasteiger partial charge in [0.05, 0.1) is 22.3 Å². The molecule has 0 fully saturated rings. The highest BCUT2D eigenvalue weighted by Gasteiger charge is 2.35. The Kier molecular flexibility index (Phi) is 7.40. The van der Waals surface area contributed by atoms with Gasteiger partial charge in [-0.1, -0.05) is 24.3 Å². The molecule has 0 saturated heterocycles. The van der Waals surface area contributed by atoms with Gasteiger partial charge in [0.2, 0.25) is 0 Å². The Hall–Kier alpha value is -4.11. The van der Waals surface area contributed by atoms with E-state index >= 15 is 0 Å². The lowest BCUT2D eigenvalue weighted by Gasteiger charge is -2.13. The van der Waals surface area contributed by atoms with Gasteiger partial charge in [-0.25, -0.2) is 4.57 Å². The van der Waals surface area contributed by atoms with Crippen molar-refractivity contribution in [2.75, 3.05) is 13.1 Å². The van der Waals surface area contributed by atoms with Crippen LogP contribution in [0, 0.1) is 0 Å². The van der Waals surface area contributed by atoms with Gasteiger partial charge in [-0.3, -0.25) is 38.6 Å². The zero-order chi connectivity index (χ0) is 25.8. The van der Waals surface area contributed by atoms with Gasteiger partial charge in [-0.15, -0.1) is 0 Å². The third-order valence-electron chi connectivity index (χ3n) is 5.68. The van der Waals surface area contributed by atoms with Crippen molar-refractivity contribution in [3.63, 3.8) is 0 Å². The molecule has 0 N–H and O–H groups in total. The topological polar surface area (TPSA) is 144 Å². The number of hydrogen-bond acceptors (Lipinski definition) is 9. The van der Waals surface area contributed by atoms with Gasteiger partial charge in [-0.2, -0.15) is 0 Å². The Bertz CT molecular complexity index is 1140. The van der Waals surface area contributed by atoms with Gasteiger partial charge < -0.3 is 9.05 Å². The van der Waals surface area contributed by atoms with Crippen molar-refractivity contribution in [1.29, 1.82) is 0 Å². The van der Waals surface area contributed by atoms with E-state index in [1.54, 1.807) is 48.5 Å². The molecule has 2 aliphatic rings. The molecule has 2 aromatic carbocycles. The molecule has 0 atom stereocenters. The Morgan fingerprint density at radius 2 is 0.917 bits per heavy atom. The van der Waals surface area contributed by atoms with Crippen LogP contribution >= 0.6 is 8.25 Å². The normalized spacial score (nSPS) is 14.4. The Morgan fingerprint density at radius 1 is 0.611 bits per heavy atom. The molecule has 0 spiro atoms. The number of fused-ring (bicyclic) bond motifs is 2. The first-order valence-corrected chi connectivity index (χ1v) is 12.4. The molecule has 12 heteroatoms. The Labute approximate surface area is 205 Å². The summed E-state index contributed by atoms with van der Waals surface area (Å²) in [6.45, 7) is -0.0556. The number of benzene rings is 2. The average Bonchev–Trinajstić information content (AvgIpc) is 3.24. The number of carbonyl (C=O) groups is 6. The van der Waals surface area contributed by atoms with E-state index < -0.39 is 43.8 Å². The number of hydrogen-bond donors (Lipinski definition) is 0. The summed E-state index contributed by atoms with van der Waals surface area (Å²) in [5.74, 6) is -3.62. The second kappa shape index (κ2) is 10.7. The van der Waals surface area contributed by atoms with Crippen molar-refractivity contribution in [2.45, 2.75) is 25.7 Å². The number of imide groups is 2. The monoisotopic (exact) mass is 512 g/mol. The van der Waals surface area contributed by atoms with E-state index in [0.29, 0.717) is 22.3 Å². The summed E-state index contributed by atoms with van der Waals surface area (Å²) >= 11 is 0. The van der Waals surface area contributed by atoms with Crippen molar-refractivity contribution >= 4 is 43.8 Å². The summed E-state index contributed by atoms with van der Waals surface area (Å²) in [6, 6.07) is 12.8. The maximum Gasteiger partial charge on any atom is 0.423 e. The molecule has 0 bridgehead atoms. The summed E-state index contributed by atoms with van der Waals surface area (Å²) in [6.07, 6.45) is -0.344. The Morgan fingerprint density at radius 3 is 1.22 bits per heavy atom. The zero-order valence-corrected chi connectivity index (χ0v) is 19.9. The fourth-order valence-electron chi connectivity index (χ4n) is 3.96. The number of nitrogens with zero attached hydrogens (tertiary/aromatic N) is 2. The number of carbonyl (C=O) groups excluding carboxylic acids is 6. The van der Waals surface area contributed by atoms with Crippen LogP contribution in [0.1, 0.15) is 67.1 Å². The zero-order valence-electron chi connectivity index (χ0n) is 18.9. The molecule has 11 nitrogen and oxygen atoms in total. The van der Waals surface area contributed by atoms with Gasteiger partial charge in [0, 0.05) is 25.9 Å². The lowest BCUT2D eigenvalue weighted by Crippen LogP contribution is -2.31. The predicted molar refractivity (Wildman–Crippen MR) is 123 cm³/mol. The van der Waals surface area contributed by atoms with Gasteiger partial charge in [0.25, 0.3) is 23.6 Å². The van der Waals surface area contributed by atoms with E-state index in [2.05, 4.69) is 9.05 Å².